The molecule has 0 fully saturated rings. The fourth-order valence-electron chi connectivity index (χ4n) is 1.73. The first-order chi connectivity index (χ1) is 9.65. The van der Waals surface area contributed by atoms with Gasteiger partial charge < -0.3 is 5.32 Å². The van der Waals surface area contributed by atoms with Gasteiger partial charge in [-0.1, -0.05) is 18.2 Å². The number of anilines is 1. The standard InChI is InChI=1S/C15H9F2N3/c16-12-6-5-10(7-11(12)8-18)15(9-19)20-14-4-2-1-3-13(14)17/h1-7,15,20H. The van der Waals surface area contributed by atoms with Crippen LogP contribution in [-0.4, -0.2) is 0 Å². The van der Waals surface area contributed by atoms with Crippen molar-refractivity contribution in [2.75, 3.05) is 5.32 Å². The van der Waals surface area contributed by atoms with E-state index in [0.29, 0.717) is 5.56 Å². The molecule has 1 N–H and O–H groups in total. The van der Waals surface area contributed by atoms with Crippen molar-refractivity contribution >= 4 is 5.69 Å². The Kier molecular flexibility index (Phi) is 3.93. The highest BCUT2D eigenvalue weighted by atomic mass is 19.1. The molecule has 0 aromatic heterocycles. The molecule has 0 saturated heterocycles. The fraction of sp³-hybridized carbons (Fsp3) is 0.0667. The molecule has 0 bridgehead atoms. The molecule has 98 valence electrons. The van der Waals surface area contributed by atoms with Crippen LogP contribution in [0.1, 0.15) is 17.2 Å². The number of hydrogen-bond donors (Lipinski definition) is 1. The minimum absolute atomic E-state index is 0.155. The minimum Gasteiger partial charge on any atom is -0.364 e. The van der Waals surface area contributed by atoms with E-state index in [-0.39, 0.29) is 11.3 Å². The highest BCUT2D eigenvalue weighted by Crippen LogP contribution is 2.22. The number of para-hydroxylation sites is 1. The summed E-state index contributed by atoms with van der Waals surface area (Å²) in [6.07, 6.45) is 0. The molecule has 0 radical (unpaired) electrons. The van der Waals surface area contributed by atoms with Crippen LogP contribution in [0.15, 0.2) is 42.5 Å². The van der Waals surface area contributed by atoms with E-state index in [1.807, 2.05) is 6.07 Å². The molecule has 0 aliphatic heterocycles. The topological polar surface area (TPSA) is 59.6 Å². The molecule has 0 aliphatic carbocycles. The molecule has 20 heavy (non-hydrogen) atoms. The van der Waals surface area contributed by atoms with E-state index in [2.05, 4.69) is 5.32 Å². The van der Waals surface area contributed by atoms with Crippen molar-refractivity contribution in [1.82, 2.24) is 0 Å². The molecular formula is C15H9F2N3. The summed E-state index contributed by atoms with van der Waals surface area (Å²) >= 11 is 0. The lowest BCUT2D eigenvalue weighted by Crippen LogP contribution is -2.10. The van der Waals surface area contributed by atoms with Gasteiger partial charge in [-0.05, 0) is 29.8 Å². The largest absolute Gasteiger partial charge is 0.364 e. The van der Waals surface area contributed by atoms with Gasteiger partial charge in [-0.25, -0.2) is 8.78 Å². The highest BCUT2D eigenvalue weighted by molar-refractivity contribution is 5.49. The van der Waals surface area contributed by atoms with Crippen LogP contribution in [-0.2, 0) is 0 Å². The lowest BCUT2D eigenvalue weighted by molar-refractivity contribution is 0.622. The quantitative estimate of drug-likeness (QED) is 0.927. The molecular weight excluding hydrogens is 260 g/mol. The molecule has 0 amide bonds. The molecule has 0 saturated carbocycles. The molecule has 0 heterocycles. The van der Waals surface area contributed by atoms with Gasteiger partial charge in [-0.3, -0.25) is 0 Å². The zero-order chi connectivity index (χ0) is 14.5. The van der Waals surface area contributed by atoms with E-state index >= 15 is 0 Å². The summed E-state index contributed by atoms with van der Waals surface area (Å²) in [6, 6.07) is 12.5. The van der Waals surface area contributed by atoms with Crippen LogP contribution in [0.4, 0.5) is 14.5 Å². The molecule has 3 nitrogen and oxygen atoms in total. The number of hydrogen-bond acceptors (Lipinski definition) is 3. The number of benzene rings is 2. The summed E-state index contributed by atoms with van der Waals surface area (Å²) in [6.45, 7) is 0. The first-order valence-electron chi connectivity index (χ1n) is 5.76. The van der Waals surface area contributed by atoms with E-state index in [9.17, 15) is 8.78 Å². The zero-order valence-corrected chi connectivity index (χ0v) is 10.3. The molecule has 2 rings (SSSR count). The number of rotatable bonds is 3. The van der Waals surface area contributed by atoms with E-state index < -0.39 is 17.7 Å². The lowest BCUT2D eigenvalue weighted by Gasteiger charge is -2.14. The Morgan fingerprint density at radius 3 is 2.40 bits per heavy atom. The van der Waals surface area contributed by atoms with Crippen molar-refractivity contribution in [3.63, 3.8) is 0 Å². The van der Waals surface area contributed by atoms with Crippen LogP contribution in [0, 0.1) is 34.3 Å². The molecule has 1 atom stereocenters. The third kappa shape index (κ3) is 2.73. The van der Waals surface area contributed by atoms with Gasteiger partial charge in [0.05, 0.1) is 17.3 Å². The average Bonchev–Trinajstić information content (AvgIpc) is 2.47. The maximum absolute atomic E-state index is 13.5. The first-order valence-corrected chi connectivity index (χ1v) is 5.76. The van der Waals surface area contributed by atoms with Gasteiger partial charge in [0.1, 0.15) is 23.7 Å². The molecule has 0 aliphatic rings. The highest BCUT2D eigenvalue weighted by Gasteiger charge is 2.14. The van der Waals surface area contributed by atoms with Crippen LogP contribution in [0.5, 0.6) is 0 Å². The summed E-state index contributed by atoms with van der Waals surface area (Å²) in [5, 5.41) is 20.6. The van der Waals surface area contributed by atoms with Crippen molar-refractivity contribution < 1.29 is 8.78 Å². The maximum Gasteiger partial charge on any atom is 0.146 e. The predicted molar refractivity (Wildman–Crippen MR) is 69.5 cm³/mol. The second-order valence-corrected chi connectivity index (χ2v) is 4.04. The fourth-order valence-corrected chi connectivity index (χ4v) is 1.73. The van der Waals surface area contributed by atoms with Crippen molar-refractivity contribution in [3.8, 4) is 12.1 Å². The van der Waals surface area contributed by atoms with Crippen LogP contribution in [0.25, 0.3) is 0 Å². The van der Waals surface area contributed by atoms with Gasteiger partial charge in [0.25, 0.3) is 0 Å². The smallest absolute Gasteiger partial charge is 0.146 e. The number of nitrogens with one attached hydrogen (secondary N) is 1. The molecule has 0 spiro atoms. The van der Waals surface area contributed by atoms with E-state index in [0.717, 1.165) is 6.07 Å². The molecule has 2 aromatic carbocycles. The lowest BCUT2D eigenvalue weighted by atomic mass is 10.0. The van der Waals surface area contributed by atoms with E-state index in [1.165, 1.54) is 30.3 Å². The van der Waals surface area contributed by atoms with Crippen LogP contribution < -0.4 is 5.32 Å². The Labute approximate surface area is 114 Å². The normalized spacial score (nSPS) is 11.2. The Hall–Kier alpha value is -2.92. The van der Waals surface area contributed by atoms with Crippen molar-refractivity contribution in [3.05, 3.63) is 65.2 Å². The Morgan fingerprint density at radius 2 is 1.75 bits per heavy atom. The Bertz CT molecular complexity index is 714. The zero-order valence-electron chi connectivity index (χ0n) is 10.3. The maximum atomic E-state index is 13.5. The monoisotopic (exact) mass is 269 g/mol. The van der Waals surface area contributed by atoms with Crippen LogP contribution in [0.3, 0.4) is 0 Å². The second kappa shape index (κ2) is 5.81. The van der Waals surface area contributed by atoms with Crippen molar-refractivity contribution in [2.24, 2.45) is 0 Å². The van der Waals surface area contributed by atoms with Gasteiger partial charge >= 0.3 is 0 Å². The molecule has 2 aromatic rings. The number of halogens is 2. The number of nitriles is 2. The van der Waals surface area contributed by atoms with Crippen molar-refractivity contribution in [2.45, 2.75) is 6.04 Å². The minimum atomic E-state index is -0.875. The van der Waals surface area contributed by atoms with Crippen LogP contribution in [0.2, 0.25) is 0 Å². The van der Waals surface area contributed by atoms with Crippen molar-refractivity contribution in [1.29, 1.82) is 10.5 Å². The molecule has 1 unspecified atom stereocenters. The summed E-state index contributed by atoms with van der Waals surface area (Å²) in [7, 11) is 0. The summed E-state index contributed by atoms with van der Waals surface area (Å²) in [5.41, 5.74) is 0.411. The summed E-state index contributed by atoms with van der Waals surface area (Å²) in [5.74, 6) is -1.14. The first kappa shape index (κ1) is 13.5. The Morgan fingerprint density at radius 1 is 1.00 bits per heavy atom. The summed E-state index contributed by atoms with van der Waals surface area (Å²) < 4.78 is 26.8. The van der Waals surface area contributed by atoms with Crippen LogP contribution >= 0.6 is 0 Å². The van der Waals surface area contributed by atoms with E-state index in [1.54, 1.807) is 12.1 Å². The molecule has 5 heteroatoms. The summed E-state index contributed by atoms with van der Waals surface area (Å²) in [4.78, 5) is 0. The average molecular weight is 269 g/mol. The van der Waals surface area contributed by atoms with E-state index in [4.69, 9.17) is 10.5 Å². The van der Waals surface area contributed by atoms with Gasteiger partial charge in [-0.15, -0.1) is 0 Å². The number of nitrogens with zero attached hydrogens (tertiary/aromatic N) is 2. The Balaban J connectivity index is 2.33. The third-order valence-electron chi connectivity index (χ3n) is 2.75. The SMILES string of the molecule is N#Cc1cc(C(C#N)Nc2ccccc2F)ccc1F. The predicted octanol–water partition coefficient (Wildman–Crippen LogP) is 3.51. The second-order valence-electron chi connectivity index (χ2n) is 4.04. The van der Waals surface area contributed by atoms with Gasteiger partial charge in [0, 0.05) is 0 Å². The van der Waals surface area contributed by atoms with Gasteiger partial charge in [-0.2, -0.15) is 10.5 Å². The third-order valence-corrected chi connectivity index (χ3v) is 2.75. The van der Waals surface area contributed by atoms with Gasteiger partial charge in [0.2, 0.25) is 0 Å². The van der Waals surface area contributed by atoms with Gasteiger partial charge in [0.15, 0.2) is 0 Å².